The van der Waals surface area contributed by atoms with Gasteiger partial charge in [-0.05, 0) is 35.7 Å². The molecule has 1 atom stereocenters. The van der Waals surface area contributed by atoms with Gasteiger partial charge in [-0.2, -0.15) is 0 Å². The first-order valence-corrected chi connectivity index (χ1v) is 10.8. The van der Waals surface area contributed by atoms with Crippen molar-refractivity contribution in [3.63, 3.8) is 0 Å². The molecule has 30 heavy (non-hydrogen) atoms. The van der Waals surface area contributed by atoms with Crippen molar-refractivity contribution in [3.05, 3.63) is 60.2 Å². The molecule has 0 unspecified atom stereocenters. The molecule has 2 aromatic carbocycles. The lowest BCUT2D eigenvalue weighted by Gasteiger charge is -2.21. The lowest BCUT2D eigenvalue weighted by molar-refractivity contribution is -0.128. The topological polar surface area (TPSA) is 60.3 Å². The summed E-state index contributed by atoms with van der Waals surface area (Å²) in [5, 5.41) is 9.29. The molecule has 0 spiro atoms. The second-order valence-corrected chi connectivity index (χ2v) is 8.75. The maximum Gasteiger partial charge on any atom is 0.240 e. The Hall–Kier alpha value is -2.80. The Bertz CT molecular complexity index is 969. The second kappa shape index (κ2) is 9.80. The zero-order valence-corrected chi connectivity index (χ0v) is 18.9. The number of hydrogen-bond donors (Lipinski definition) is 0. The molecule has 0 saturated carbocycles. The van der Waals surface area contributed by atoms with E-state index in [4.69, 9.17) is 4.74 Å². The van der Waals surface area contributed by atoms with Gasteiger partial charge in [0.05, 0.1) is 7.11 Å². The molecule has 1 aromatic heterocycles. The van der Waals surface area contributed by atoms with Gasteiger partial charge in [-0.3, -0.25) is 4.79 Å². The van der Waals surface area contributed by atoms with Crippen LogP contribution in [0.5, 0.6) is 5.75 Å². The Morgan fingerprint density at radius 3 is 2.30 bits per heavy atom. The van der Waals surface area contributed by atoms with E-state index in [1.807, 2.05) is 54.6 Å². The molecule has 0 bridgehead atoms. The maximum absolute atomic E-state index is 13.0. The molecule has 0 aliphatic rings. The first-order chi connectivity index (χ1) is 14.4. The Balaban J connectivity index is 2.01. The first kappa shape index (κ1) is 21.9. The van der Waals surface area contributed by atoms with Crippen molar-refractivity contribution in [2.45, 2.75) is 30.8 Å². The Kier molecular flexibility index (Phi) is 7.15. The number of amides is 1. The fraction of sp³-hybridized carbons (Fsp3) is 0.348. The van der Waals surface area contributed by atoms with Gasteiger partial charge in [0, 0.05) is 26.2 Å². The van der Waals surface area contributed by atoms with Crippen LogP contribution in [0.4, 0.5) is 0 Å². The van der Waals surface area contributed by atoms with E-state index in [9.17, 15) is 4.79 Å². The van der Waals surface area contributed by atoms with E-state index in [0.29, 0.717) is 5.92 Å². The number of thioether (sulfide) groups is 1. The SMILES string of the molecule is COc1ccc(-c2nnc(S[C@@H](C(=O)N(C)C)c3ccccc3)n2CC(C)C)cc1. The molecule has 0 saturated heterocycles. The number of carbonyl (C=O) groups is 1. The molecule has 0 N–H and O–H groups in total. The number of hydrogen-bond acceptors (Lipinski definition) is 5. The number of ether oxygens (including phenoxy) is 1. The van der Waals surface area contributed by atoms with Crippen LogP contribution in [0.1, 0.15) is 24.7 Å². The number of methoxy groups -OCH3 is 1. The number of benzene rings is 2. The Morgan fingerprint density at radius 1 is 1.07 bits per heavy atom. The van der Waals surface area contributed by atoms with Crippen molar-refractivity contribution in [1.82, 2.24) is 19.7 Å². The van der Waals surface area contributed by atoms with Gasteiger partial charge in [-0.15, -0.1) is 10.2 Å². The first-order valence-electron chi connectivity index (χ1n) is 9.91. The van der Waals surface area contributed by atoms with Crippen molar-refractivity contribution in [2.24, 2.45) is 5.92 Å². The van der Waals surface area contributed by atoms with Crippen LogP contribution in [-0.4, -0.2) is 46.8 Å². The van der Waals surface area contributed by atoms with E-state index >= 15 is 0 Å². The average molecular weight is 425 g/mol. The van der Waals surface area contributed by atoms with Crippen LogP contribution in [-0.2, 0) is 11.3 Å². The Labute approximate surface area is 182 Å². The van der Waals surface area contributed by atoms with E-state index in [0.717, 1.165) is 34.4 Å². The molecule has 0 aliphatic carbocycles. The summed E-state index contributed by atoms with van der Waals surface area (Å²) in [7, 11) is 5.21. The van der Waals surface area contributed by atoms with Crippen LogP contribution in [0.25, 0.3) is 11.4 Å². The van der Waals surface area contributed by atoms with E-state index < -0.39 is 0 Å². The molecule has 6 nitrogen and oxygen atoms in total. The highest BCUT2D eigenvalue weighted by molar-refractivity contribution is 8.00. The molecule has 3 rings (SSSR count). The van der Waals surface area contributed by atoms with Crippen LogP contribution in [0.3, 0.4) is 0 Å². The number of rotatable bonds is 8. The zero-order valence-electron chi connectivity index (χ0n) is 18.1. The van der Waals surface area contributed by atoms with Gasteiger partial charge < -0.3 is 14.2 Å². The minimum atomic E-state index is -0.389. The number of likely N-dealkylation sites (N-methyl/N-ethyl adjacent to an activating group) is 1. The van der Waals surface area contributed by atoms with Crippen LogP contribution in [0.2, 0.25) is 0 Å². The molecule has 7 heteroatoms. The predicted molar refractivity (Wildman–Crippen MR) is 121 cm³/mol. The van der Waals surface area contributed by atoms with Crippen LogP contribution in [0, 0.1) is 5.92 Å². The lowest BCUT2D eigenvalue weighted by atomic mass is 10.1. The van der Waals surface area contributed by atoms with Crippen LogP contribution in [0.15, 0.2) is 59.8 Å². The number of nitrogens with zero attached hydrogens (tertiary/aromatic N) is 4. The highest BCUT2D eigenvalue weighted by Gasteiger charge is 2.27. The van der Waals surface area contributed by atoms with Gasteiger partial charge in [0.15, 0.2) is 11.0 Å². The highest BCUT2D eigenvalue weighted by atomic mass is 32.2. The quantitative estimate of drug-likeness (QED) is 0.497. The highest BCUT2D eigenvalue weighted by Crippen LogP contribution is 2.37. The minimum absolute atomic E-state index is 0.0243. The normalized spacial score (nSPS) is 12.1. The summed E-state index contributed by atoms with van der Waals surface area (Å²) in [4.78, 5) is 14.6. The third-order valence-electron chi connectivity index (χ3n) is 4.60. The standard InChI is InChI=1S/C23H28N4O2S/c1-16(2)15-27-21(18-11-13-19(29-5)14-12-18)24-25-23(27)30-20(22(28)26(3)4)17-9-7-6-8-10-17/h6-14,16,20H,15H2,1-5H3/t20-/m1/s1. The van der Waals surface area contributed by atoms with E-state index in [1.54, 1.807) is 26.1 Å². The van der Waals surface area contributed by atoms with Gasteiger partial charge >= 0.3 is 0 Å². The van der Waals surface area contributed by atoms with Gasteiger partial charge in [-0.1, -0.05) is 55.9 Å². The molecular formula is C23H28N4O2S. The van der Waals surface area contributed by atoms with Crippen molar-refractivity contribution in [1.29, 1.82) is 0 Å². The van der Waals surface area contributed by atoms with Crippen molar-refractivity contribution in [3.8, 4) is 17.1 Å². The maximum atomic E-state index is 13.0. The summed E-state index contributed by atoms with van der Waals surface area (Å²) < 4.78 is 7.37. The van der Waals surface area contributed by atoms with Crippen LogP contribution < -0.4 is 4.74 Å². The molecule has 3 aromatic rings. The van der Waals surface area contributed by atoms with E-state index in [-0.39, 0.29) is 11.2 Å². The summed E-state index contributed by atoms with van der Waals surface area (Å²) >= 11 is 1.44. The molecular weight excluding hydrogens is 396 g/mol. The molecule has 1 heterocycles. The number of aromatic nitrogens is 3. The van der Waals surface area contributed by atoms with E-state index in [1.165, 1.54) is 11.8 Å². The van der Waals surface area contributed by atoms with Crippen molar-refractivity contribution < 1.29 is 9.53 Å². The zero-order chi connectivity index (χ0) is 21.7. The summed E-state index contributed by atoms with van der Waals surface area (Å²) in [5.74, 6) is 2.01. The monoisotopic (exact) mass is 424 g/mol. The third-order valence-corrected chi connectivity index (χ3v) is 5.83. The lowest BCUT2D eigenvalue weighted by Crippen LogP contribution is -2.27. The number of carbonyl (C=O) groups excluding carboxylic acids is 1. The summed E-state index contributed by atoms with van der Waals surface area (Å²) in [6, 6.07) is 17.6. The summed E-state index contributed by atoms with van der Waals surface area (Å²) in [5.41, 5.74) is 1.91. The van der Waals surface area contributed by atoms with Gasteiger partial charge in [0.25, 0.3) is 0 Å². The fourth-order valence-corrected chi connectivity index (χ4v) is 4.28. The largest absolute Gasteiger partial charge is 0.497 e. The summed E-state index contributed by atoms with van der Waals surface area (Å²) in [6.45, 7) is 5.08. The van der Waals surface area contributed by atoms with Gasteiger partial charge in [-0.25, -0.2) is 0 Å². The Morgan fingerprint density at radius 2 is 1.73 bits per heavy atom. The molecule has 1 amide bonds. The second-order valence-electron chi connectivity index (χ2n) is 7.68. The predicted octanol–water partition coefficient (Wildman–Crippen LogP) is 4.53. The molecule has 0 fully saturated rings. The average Bonchev–Trinajstić information content (AvgIpc) is 3.13. The van der Waals surface area contributed by atoms with Crippen molar-refractivity contribution >= 4 is 17.7 Å². The molecule has 0 radical (unpaired) electrons. The van der Waals surface area contributed by atoms with Gasteiger partial charge in [0.1, 0.15) is 11.0 Å². The smallest absolute Gasteiger partial charge is 0.240 e. The van der Waals surface area contributed by atoms with E-state index in [2.05, 4.69) is 28.6 Å². The molecule has 0 aliphatic heterocycles. The van der Waals surface area contributed by atoms with Gasteiger partial charge in [0.2, 0.25) is 5.91 Å². The van der Waals surface area contributed by atoms with Crippen LogP contribution >= 0.6 is 11.8 Å². The fourth-order valence-electron chi connectivity index (χ4n) is 3.09. The summed E-state index contributed by atoms with van der Waals surface area (Å²) in [6.07, 6.45) is 0. The van der Waals surface area contributed by atoms with Crippen molar-refractivity contribution in [2.75, 3.05) is 21.2 Å². The molecule has 158 valence electrons. The minimum Gasteiger partial charge on any atom is -0.497 e. The third kappa shape index (κ3) is 5.02.